The highest BCUT2D eigenvalue weighted by Crippen LogP contribution is 2.29. The normalized spacial score (nSPS) is 32.0. The zero-order chi connectivity index (χ0) is 16.0. The molecule has 0 aromatic heterocycles. The second-order valence-electron chi connectivity index (χ2n) is 6.71. The van der Waals surface area contributed by atoms with Crippen LogP contribution in [0.4, 0.5) is 0 Å². The molecule has 2 heterocycles. The first-order chi connectivity index (χ1) is 9.55. The minimum absolute atomic E-state index is 0.265. The van der Waals surface area contributed by atoms with Crippen molar-refractivity contribution in [2.45, 2.75) is 39.7 Å². The first kappa shape index (κ1) is 16.4. The highest BCUT2D eigenvalue weighted by molar-refractivity contribution is 7.86. The highest BCUT2D eigenvalue weighted by Gasteiger charge is 2.49. The molecule has 0 aromatic carbocycles. The summed E-state index contributed by atoms with van der Waals surface area (Å²) >= 11 is 0. The van der Waals surface area contributed by atoms with Crippen LogP contribution in [0.3, 0.4) is 0 Å². The summed E-state index contributed by atoms with van der Waals surface area (Å²) in [4.78, 5) is 23.5. The molecule has 2 unspecified atom stereocenters. The van der Waals surface area contributed by atoms with E-state index in [4.69, 9.17) is 0 Å². The van der Waals surface area contributed by atoms with E-state index < -0.39 is 27.6 Å². The Hall–Kier alpha value is -0.990. The quantitative estimate of drug-likeness (QED) is 0.723. The van der Waals surface area contributed by atoms with Gasteiger partial charge >= 0.3 is 0 Å². The fraction of sp³-hybridized carbons (Fsp3) is 0.846. The number of imide groups is 1. The van der Waals surface area contributed by atoms with Crippen LogP contribution in [0, 0.1) is 11.8 Å². The lowest BCUT2D eigenvalue weighted by atomic mass is 9.94. The van der Waals surface area contributed by atoms with E-state index in [1.807, 2.05) is 13.8 Å². The summed E-state index contributed by atoms with van der Waals surface area (Å²) in [5, 5.41) is 2.19. The predicted molar refractivity (Wildman–Crippen MR) is 77.4 cm³/mol. The van der Waals surface area contributed by atoms with Crippen LogP contribution in [0.1, 0.15) is 34.1 Å². The molecule has 2 fully saturated rings. The zero-order valence-electron chi connectivity index (χ0n) is 12.9. The summed E-state index contributed by atoms with van der Waals surface area (Å²) in [5.41, 5.74) is -1.27. The standard InChI is InChI=1S/C13H23N3O4S/c1-9-5-10(2)7-15(6-9)21(19,20)16-8-11(17)14-12(18)13(16,3)4/h9-10H,5-8H2,1-4H3,(H,14,17,18). The van der Waals surface area contributed by atoms with Crippen molar-refractivity contribution in [3.8, 4) is 0 Å². The van der Waals surface area contributed by atoms with Crippen molar-refractivity contribution >= 4 is 22.0 Å². The molecular formula is C13H23N3O4S. The predicted octanol–water partition coefficient (Wildman–Crippen LogP) is -0.0539. The average Bonchev–Trinajstić information content (AvgIpc) is 2.32. The first-order valence-corrected chi connectivity index (χ1v) is 8.57. The molecule has 0 bridgehead atoms. The monoisotopic (exact) mass is 317 g/mol. The van der Waals surface area contributed by atoms with Crippen LogP contribution in [-0.4, -0.2) is 54.0 Å². The zero-order valence-corrected chi connectivity index (χ0v) is 13.7. The molecule has 2 aliphatic heterocycles. The fourth-order valence-electron chi connectivity index (χ4n) is 3.06. The van der Waals surface area contributed by atoms with E-state index in [-0.39, 0.29) is 18.4 Å². The van der Waals surface area contributed by atoms with Crippen molar-refractivity contribution in [1.29, 1.82) is 0 Å². The largest absolute Gasteiger partial charge is 0.294 e. The van der Waals surface area contributed by atoms with Crippen LogP contribution in [0.5, 0.6) is 0 Å². The van der Waals surface area contributed by atoms with E-state index in [0.717, 1.165) is 10.7 Å². The topological polar surface area (TPSA) is 86.8 Å². The Balaban J connectivity index is 2.33. The van der Waals surface area contributed by atoms with Crippen LogP contribution < -0.4 is 5.32 Å². The summed E-state index contributed by atoms with van der Waals surface area (Å²) in [6.45, 7) is 7.59. The maximum absolute atomic E-state index is 12.9. The smallest absolute Gasteiger partial charge is 0.283 e. The summed E-state index contributed by atoms with van der Waals surface area (Å²) < 4.78 is 28.1. The number of hydrogen-bond acceptors (Lipinski definition) is 4. The molecular weight excluding hydrogens is 294 g/mol. The van der Waals surface area contributed by atoms with E-state index in [1.54, 1.807) is 0 Å². The van der Waals surface area contributed by atoms with E-state index >= 15 is 0 Å². The summed E-state index contributed by atoms with van der Waals surface area (Å²) in [6, 6.07) is 0. The Bertz CT molecular complexity index is 548. The molecule has 2 amide bonds. The number of carbonyl (C=O) groups excluding carboxylic acids is 2. The van der Waals surface area contributed by atoms with Crippen LogP contribution in [-0.2, 0) is 19.8 Å². The van der Waals surface area contributed by atoms with Crippen molar-refractivity contribution in [2.75, 3.05) is 19.6 Å². The van der Waals surface area contributed by atoms with Gasteiger partial charge in [0.25, 0.3) is 10.2 Å². The van der Waals surface area contributed by atoms with E-state index in [9.17, 15) is 18.0 Å². The number of nitrogens with one attached hydrogen (secondary N) is 1. The number of rotatable bonds is 2. The van der Waals surface area contributed by atoms with Crippen LogP contribution in [0.25, 0.3) is 0 Å². The van der Waals surface area contributed by atoms with Gasteiger partial charge in [-0.2, -0.15) is 17.0 Å². The van der Waals surface area contributed by atoms with E-state index in [2.05, 4.69) is 5.32 Å². The van der Waals surface area contributed by atoms with Gasteiger partial charge < -0.3 is 0 Å². The van der Waals surface area contributed by atoms with E-state index in [0.29, 0.717) is 13.1 Å². The van der Waals surface area contributed by atoms with Crippen molar-refractivity contribution in [3.05, 3.63) is 0 Å². The number of hydrogen-bond donors (Lipinski definition) is 1. The molecule has 8 heteroatoms. The second-order valence-corrected chi connectivity index (χ2v) is 8.57. The second kappa shape index (κ2) is 5.33. The molecule has 0 spiro atoms. The first-order valence-electron chi connectivity index (χ1n) is 7.17. The minimum atomic E-state index is -3.84. The Labute approximate surface area is 125 Å². The van der Waals surface area contributed by atoms with Gasteiger partial charge in [-0.3, -0.25) is 14.9 Å². The third-order valence-corrected chi connectivity index (χ3v) is 6.25. The summed E-state index contributed by atoms with van der Waals surface area (Å²) in [6.07, 6.45) is 0.981. The molecule has 0 saturated carbocycles. The number of carbonyl (C=O) groups is 2. The Morgan fingerprint density at radius 3 is 2.19 bits per heavy atom. The Kier molecular flexibility index (Phi) is 4.16. The van der Waals surface area contributed by atoms with E-state index in [1.165, 1.54) is 18.2 Å². The van der Waals surface area contributed by atoms with Gasteiger partial charge in [-0.1, -0.05) is 13.8 Å². The minimum Gasteiger partial charge on any atom is -0.294 e. The third kappa shape index (κ3) is 2.97. The lowest BCUT2D eigenvalue weighted by Gasteiger charge is -2.43. The number of piperazine rings is 1. The maximum Gasteiger partial charge on any atom is 0.283 e. The molecule has 2 atom stereocenters. The van der Waals surface area contributed by atoms with Gasteiger partial charge in [-0.15, -0.1) is 0 Å². The van der Waals surface area contributed by atoms with Crippen LogP contribution in [0.2, 0.25) is 0 Å². The third-order valence-electron chi connectivity index (χ3n) is 4.16. The van der Waals surface area contributed by atoms with Gasteiger partial charge in [0.1, 0.15) is 5.54 Å². The van der Waals surface area contributed by atoms with Crippen molar-refractivity contribution in [2.24, 2.45) is 11.8 Å². The summed E-state index contributed by atoms with van der Waals surface area (Å²) in [7, 11) is -3.84. The molecule has 1 N–H and O–H groups in total. The lowest BCUT2D eigenvalue weighted by Crippen LogP contribution is -2.67. The maximum atomic E-state index is 12.9. The molecule has 2 rings (SSSR count). The highest BCUT2D eigenvalue weighted by atomic mass is 32.2. The van der Waals surface area contributed by atoms with Crippen LogP contribution >= 0.6 is 0 Å². The summed E-state index contributed by atoms with van der Waals surface area (Å²) in [5.74, 6) is -0.636. The molecule has 2 aliphatic rings. The van der Waals surface area contributed by atoms with Crippen molar-refractivity contribution < 1.29 is 18.0 Å². The molecule has 0 aliphatic carbocycles. The molecule has 120 valence electrons. The number of piperidine rings is 1. The molecule has 2 saturated heterocycles. The Morgan fingerprint density at radius 2 is 1.67 bits per heavy atom. The van der Waals surface area contributed by atoms with Crippen LogP contribution in [0.15, 0.2) is 0 Å². The lowest BCUT2D eigenvalue weighted by molar-refractivity contribution is -0.141. The molecule has 7 nitrogen and oxygen atoms in total. The molecule has 21 heavy (non-hydrogen) atoms. The number of amides is 2. The van der Waals surface area contributed by atoms with Gasteiger partial charge in [0.05, 0.1) is 6.54 Å². The van der Waals surface area contributed by atoms with Gasteiger partial charge in [0, 0.05) is 13.1 Å². The SMILES string of the molecule is CC1CC(C)CN(S(=O)(=O)N2CC(=O)NC(=O)C2(C)C)C1. The van der Waals surface area contributed by atoms with Gasteiger partial charge in [0.15, 0.2) is 0 Å². The van der Waals surface area contributed by atoms with Gasteiger partial charge in [-0.05, 0) is 32.1 Å². The fourth-order valence-corrected chi connectivity index (χ4v) is 5.17. The average molecular weight is 317 g/mol. The molecule has 0 aromatic rings. The van der Waals surface area contributed by atoms with Gasteiger partial charge in [-0.25, -0.2) is 0 Å². The molecule has 0 radical (unpaired) electrons. The van der Waals surface area contributed by atoms with Crippen molar-refractivity contribution in [1.82, 2.24) is 13.9 Å². The van der Waals surface area contributed by atoms with Gasteiger partial charge in [0.2, 0.25) is 11.8 Å². The van der Waals surface area contributed by atoms with Crippen molar-refractivity contribution in [3.63, 3.8) is 0 Å². The Morgan fingerprint density at radius 1 is 1.14 bits per heavy atom. The number of nitrogens with zero attached hydrogens (tertiary/aromatic N) is 2.